The van der Waals surface area contributed by atoms with Gasteiger partial charge in [0.05, 0.1) is 11.4 Å². The summed E-state index contributed by atoms with van der Waals surface area (Å²) in [5, 5.41) is 1.93. The third-order valence-electron chi connectivity index (χ3n) is 4.18. The first kappa shape index (κ1) is 15.0. The van der Waals surface area contributed by atoms with Gasteiger partial charge in [-0.15, -0.1) is 11.3 Å². The van der Waals surface area contributed by atoms with Crippen LogP contribution in [0.15, 0.2) is 72.1 Å². The Kier molecular flexibility index (Phi) is 4.05. The van der Waals surface area contributed by atoms with E-state index in [0.29, 0.717) is 13.1 Å². The lowest BCUT2D eigenvalue weighted by atomic mass is 10.1. The van der Waals surface area contributed by atoms with Crippen LogP contribution < -0.4 is 4.74 Å². The maximum absolute atomic E-state index is 12.9. The number of benzene rings is 2. The number of amides is 1. The quantitative estimate of drug-likeness (QED) is 0.689. The molecular formula is C20H17NO2S. The molecule has 2 aromatic carbocycles. The molecule has 1 amide bonds. The minimum Gasteiger partial charge on any atom is -0.484 e. The van der Waals surface area contributed by atoms with Crippen molar-refractivity contribution in [1.29, 1.82) is 0 Å². The second kappa shape index (κ2) is 6.49. The van der Waals surface area contributed by atoms with Gasteiger partial charge in [0, 0.05) is 12.1 Å². The van der Waals surface area contributed by atoms with Gasteiger partial charge in [0.1, 0.15) is 11.9 Å². The van der Waals surface area contributed by atoms with Crippen LogP contribution in [0.1, 0.15) is 26.9 Å². The molecule has 120 valence electrons. The summed E-state index contributed by atoms with van der Waals surface area (Å²) in [5.41, 5.74) is 2.12. The monoisotopic (exact) mass is 335 g/mol. The summed E-state index contributed by atoms with van der Waals surface area (Å²) < 4.78 is 6.25. The normalized spacial score (nSPS) is 16.8. The number of hydrogen-bond donors (Lipinski definition) is 0. The fraction of sp³-hybridized carbons (Fsp3) is 0.150. The van der Waals surface area contributed by atoms with E-state index in [-0.39, 0.29) is 12.0 Å². The number of nitrogens with zero attached hydrogens (tertiary/aromatic N) is 1. The van der Waals surface area contributed by atoms with Gasteiger partial charge in [-0.2, -0.15) is 0 Å². The fourth-order valence-corrected chi connectivity index (χ4v) is 3.65. The van der Waals surface area contributed by atoms with E-state index in [4.69, 9.17) is 4.74 Å². The molecule has 1 aromatic heterocycles. The zero-order valence-electron chi connectivity index (χ0n) is 13.1. The van der Waals surface area contributed by atoms with E-state index in [1.54, 1.807) is 0 Å². The largest absolute Gasteiger partial charge is 0.484 e. The Morgan fingerprint density at radius 3 is 2.58 bits per heavy atom. The number of hydrogen-bond acceptors (Lipinski definition) is 3. The molecule has 1 aliphatic heterocycles. The van der Waals surface area contributed by atoms with Crippen LogP contribution in [-0.2, 0) is 6.54 Å². The highest BCUT2D eigenvalue weighted by Crippen LogP contribution is 2.32. The van der Waals surface area contributed by atoms with Crippen LogP contribution >= 0.6 is 11.3 Å². The van der Waals surface area contributed by atoms with Crippen molar-refractivity contribution < 1.29 is 9.53 Å². The molecule has 2 heterocycles. The van der Waals surface area contributed by atoms with E-state index >= 15 is 0 Å². The van der Waals surface area contributed by atoms with Gasteiger partial charge in [-0.05, 0) is 23.1 Å². The Bertz CT molecular complexity index is 830. The summed E-state index contributed by atoms with van der Waals surface area (Å²) in [4.78, 5) is 15.5. The third kappa shape index (κ3) is 2.93. The fourth-order valence-electron chi connectivity index (χ4n) is 2.96. The highest BCUT2D eigenvalue weighted by molar-refractivity contribution is 7.12. The van der Waals surface area contributed by atoms with Crippen molar-refractivity contribution in [1.82, 2.24) is 4.90 Å². The highest BCUT2D eigenvalue weighted by Gasteiger charge is 2.27. The average molecular weight is 335 g/mol. The lowest BCUT2D eigenvalue weighted by Gasteiger charge is -2.24. The zero-order valence-corrected chi connectivity index (χ0v) is 13.9. The van der Waals surface area contributed by atoms with Gasteiger partial charge in [0.25, 0.3) is 5.91 Å². The van der Waals surface area contributed by atoms with Gasteiger partial charge in [-0.1, -0.05) is 54.6 Å². The van der Waals surface area contributed by atoms with Gasteiger partial charge in [-0.25, -0.2) is 0 Å². The highest BCUT2D eigenvalue weighted by atomic mass is 32.1. The molecule has 24 heavy (non-hydrogen) atoms. The minimum absolute atomic E-state index is 0.0613. The Morgan fingerprint density at radius 1 is 1.00 bits per heavy atom. The van der Waals surface area contributed by atoms with Crippen LogP contribution in [0.4, 0.5) is 0 Å². The Labute approximate surface area is 145 Å². The molecule has 3 nitrogen and oxygen atoms in total. The molecule has 0 saturated heterocycles. The van der Waals surface area contributed by atoms with Gasteiger partial charge >= 0.3 is 0 Å². The number of rotatable bonds is 2. The molecule has 0 fully saturated rings. The summed E-state index contributed by atoms with van der Waals surface area (Å²) >= 11 is 1.48. The van der Waals surface area contributed by atoms with Crippen molar-refractivity contribution in [3.05, 3.63) is 88.1 Å². The SMILES string of the molecule is O=C(c1cccs1)N1Cc2ccccc2OC(c2ccccc2)C1. The van der Waals surface area contributed by atoms with E-state index < -0.39 is 0 Å². The molecule has 0 N–H and O–H groups in total. The smallest absolute Gasteiger partial charge is 0.264 e. The third-order valence-corrected chi connectivity index (χ3v) is 5.04. The zero-order chi connectivity index (χ0) is 16.4. The Morgan fingerprint density at radius 2 is 1.79 bits per heavy atom. The maximum Gasteiger partial charge on any atom is 0.264 e. The molecule has 0 aliphatic carbocycles. The van der Waals surface area contributed by atoms with Crippen LogP contribution in [0, 0.1) is 0 Å². The summed E-state index contributed by atoms with van der Waals surface area (Å²) in [6.45, 7) is 1.10. The summed E-state index contributed by atoms with van der Waals surface area (Å²) in [6, 6.07) is 21.8. The predicted molar refractivity (Wildman–Crippen MR) is 95.3 cm³/mol. The molecule has 0 bridgehead atoms. The standard InChI is InChI=1S/C20H17NO2S/c22-20(19-11-6-12-24-19)21-13-16-9-4-5-10-17(16)23-18(14-21)15-7-2-1-3-8-15/h1-12,18H,13-14H2. The van der Waals surface area contributed by atoms with Gasteiger partial charge in [-0.3, -0.25) is 4.79 Å². The van der Waals surface area contributed by atoms with Crippen LogP contribution in [-0.4, -0.2) is 17.4 Å². The van der Waals surface area contributed by atoms with Crippen LogP contribution in [0.25, 0.3) is 0 Å². The maximum atomic E-state index is 12.9. The van der Waals surface area contributed by atoms with Gasteiger partial charge in [0.15, 0.2) is 0 Å². The van der Waals surface area contributed by atoms with Crippen LogP contribution in [0.2, 0.25) is 0 Å². The van der Waals surface area contributed by atoms with E-state index in [1.165, 1.54) is 11.3 Å². The lowest BCUT2D eigenvalue weighted by Crippen LogP contribution is -2.33. The molecule has 4 heteroatoms. The molecule has 1 aliphatic rings. The number of carbonyl (C=O) groups is 1. The van der Waals surface area contributed by atoms with Crippen molar-refractivity contribution in [2.45, 2.75) is 12.6 Å². The lowest BCUT2D eigenvalue weighted by molar-refractivity contribution is 0.0682. The molecule has 1 atom stereocenters. The van der Waals surface area contributed by atoms with E-state index in [9.17, 15) is 4.79 Å². The molecule has 4 rings (SSSR count). The van der Waals surface area contributed by atoms with Crippen molar-refractivity contribution in [3.8, 4) is 5.75 Å². The summed E-state index contributed by atoms with van der Waals surface area (Å²) in [7, 11) is 0. The number of thiophene rings is 1. The van der Waals surface area contributed by atoms with Crippen molar-refractivity contribution in [3.63, 3.8) is 0 Å². The van der Waals surface area contributed by atoms with Crippen molar-refractivity contribution >= 4 is 17.2 Å². The molecule has 0 spiro atoms. The van der Waals surface area contributed by atoms with E-state index in [1.807, 2.05) is 77.0 Å². The number of carbonyl (C=O) groups excluding carboxylic acids is 1. The Balaban J connectivity index is 1.71. The average Bonchev–Trinajstić information content (AvgIpc) is 3.09. The topological polar surface area (TPSA) is 29.5 Å². The van der Waals surface area contributed by atoms with Crippen LogP contribution in [0.3, 0.4) is 0 Å². The second-order valence-corrected chi connectivity index (χ2v) is 6.74. The molecular weight excluding hydrogens is 318 g/mol. The van der Waals surface area contributed by atoms with Crippen molar-refractivity contribution in [2.24, 2.45) is 0 Å². The number of ether oxygens (including phenoxy) is 1. The molecule has 0 saturated carbocycles. The summed E-state index contributed by atoms with van der Waals surface area (Å²) in [5.74, 6) is 0.916. The number of para-hydroxylation sites is 1. The molecule has 3 aromatic rings. The first-order valence-corrected chi connectivity index (χ1v) is 8.81. The van der Waals surface area contributed by atoms with Crippen molar-refractivity contribution in [2.75, 3.05) is 6.54 Å². The first-order valence-electron chi connectivity index (χ1n) is 7.93. The second-order valence-electron chi connectivity index (χ2n) is 5.79. The van der Waals surface area contributed by atoms with Gasteiger partial charge in [0.2, 0.25) is 0 Å². The summed E-state index contributed by atoms with van der Waals surface area (Å²) in [6.07, 6.45) is -0.168. The van der Waals surface area contributed by atoms with E-state index in [0.717, 1.165) is 21.8 Å². The predicted octanol–water partition coefficient (Wildman–Crippen LogP) is 4.52. The first-order chi connectivity index (χ1) is 11.8. The number of fused-ring (bicyclic) bond motifs is 1. The molecule has 1 unspecified atom stereocenters. The van der Waals surface area contributed by atoms with Crippen LogP contribution in [0.5, 0.6) is 5.75 Å². The molecule has 0 radical (unpaired) electrons. The van der Waals surface area contributed by atoms with E-state index in [2.05, 4.69) is 0 Å². The minimum atomic E-state index is -0.168. The Hall–Kier alpha value is -2.59. The van der Waals surface area contributed by atoms with Gasteiger partial charge < -0.3 is 9.64 Å².